The lowest BCUT2D eigenvalue weighted by atomic mass is 9.72. The van der Waals surface area contributed by atoms with Crippen LogP contribution in [0.4, 0.5) is 4.79 Å². The third kappa shape index (κ3) is 4.02. The van der Waals surface area contributed by atoms with Gasteiger partial charge in [0, 0.05) is 32.1 Å². The van der Waals surface area contributed by atoms with E-state index in [1.165, 1.54) is 12.8 Å². The lowest BCUT2D eigenvalue weighted by Crippen LogP contribution is -2.50. The minimum Gasteiger partial charge on any atom is -0.450 e. The predicted molar refractivity (Wildman–Crippen MR) is 91.7 cm³/mol. The van der Waals surface area contributed by atoms with Gasteiger partial charge in [-0.25, -0.2) is 4.79 Å². The molecule has 0 aromatic carbocycles. The molecule has 6 heteroatoms. The van der Waals surface area contributed by atoms with E-state index in [-0.39, 0.29) is 12.0 Å². The maximum Gasteiger partial charge on any atom is 0.409 e. The zero-order chi connectivity index (χ0) is 17.0. The van der Waals surface area contributed by atoms with Crippen molar-refractivity contribution in [3.8, 4) is 0 Å². The Labute approximate surface area is 144 Å². The van der Waals surface area contributed by atoms with Gasteiger partial charge in [-0.15, -0.1) is 0 Å². The molecular weight excluding hydrogens is 306 g/mol. The van der Waals surface area contributed by atoms with E-state index in [0.29, 0.717) is 24.5 Å². The highest BCUT2D eigenvalue weighted by atomic mass is 16.6. The van der Waals surface area contributed by atoms with Crippen molar-refractivity contribution < 1.29 is 14.3 Å². The summed E-state index contributed by atoms with van der Waals surface area (Å²) in [6, 6.07) is 0.596. The fraction of sp³-hybridized carbons (Fsp3) is 0.889. The van der Waals surface area contributed by atoms with Crippen molar-refractivity contribution in [3.63, 3.8) is 0 Å². The molecule has 0 aromatic rings. The third-order valence-corrected chi connectivity index (χ3v) is 6.23. The van der Waals surface area contributed by atoms with Gasteiger partial charge in [0.15, 0.2) is 0 Å². The maximum absolute atomic E-state index is 11.8. The second-order valence-electron chi connectivity index (χ2n) is 7.55. The topological polar surface area (TPSA) is 61.9 Å². The number of amides is 2. The zero-order valence-electron chi connectivity index (χ0n) is 14.9. The number of hydrogen-bond acceptors (Lipinski definition) is 4. The summed E-state index contributed by atoms with van der Waals surface area (Å²) in [6.45, 7) is 7.04. The Hall–Kier alpha value is -1.30. The van der Waals surface area contributed by atoms with Crippen molar-refractivity contribution >= 4 is 12.0 Å². The van der Waals surface area contributed by atoms with E-state index >= 15 is 0 Å². The summed E-state index contributed by atoms with van der Waals surface area (Å²) in [6.07, 6.45) is 7.22. The van der Waals surface area contributed by atoms with E-state index < -0.39 is 0 Å². The second kappa shape index (κ2) is 7.72. The number of nitrogens with one attached hydrogen (secondary N) is 1. The number of piperidine rings is 2. The van der Waals surface area contributed by atoms with Crippen molar-refractivity contribution in [1.82, 2.24) is 15.1 Å². The van der Waals surface area contributed by atoms with Crippen LogP contribution >= 0.6 is 0 Å². The molecule has 0 aromatic heterocycles. The summed E-state index contributed by atoms with van der Waals surface area (Å²) in [5.41, 5.74) is 0.376. The van der Waals surface area contributed by atoms with Gasteiger partial charge in [0.05, 0.1) is 6.61 Å². The first-order valence-corrected chi connectivity index (χ1v) is 9.54. The average Bonchev–Trinajstić information content (AvgIpc) is 2.78. The minimum absolute atomic E-state index is 0.163. The first-order valence-electron chi connectivity index (χ1n) is 9.54. The maximum atomic E-state index is 11.8. The van der Waals surface area contributed by atoms with Gasteiger partial charge in [0.25, 0.3) is 0 Å². The second-order valence-corrected chi connectivity index (χ2v) is 7.55. The summed E-state index contributed by atoms with van der Waals surface area (Å²) < 4.78 is 5.10. The highest BCUT2D eigenvalue weighted by Crippen LogP contribution is 2.41. The van der Waals surface area contributed by atoms with Crippen LogP contribution in [0.25, 0.3) is 0 Å². The molecule has 3 rings (SSSR count). The number of nitrogens with zero attached hydrogens (tertiary/aromatic N) is 2. The number of ether oxygens (including phenoxy) is 1. The number of rotatable bonds is 2. The molecule has 24 heavy (non-hydrogen) atoms. The number of carbonyl (C=O) groups excluding carboxylic acids is 2. The normalized spacial score (nSPS) is 26.0. The van der Waals surface area contributed by atoms with E-state index in [4.69, 9.17) is 4.74 Å². The molecule has 1 spiro atoms. The molecule has 2 amide bonds. The molecule has 3 heterocycles. The van der Waals surface area contributed by atoms with Crippen LogP contribution in [0.2, 0.25) is 0 Å². The fourth-order valence-electron chi connectivity index (χ4n) is 4.55. The molecule has 3 aliphatic heterocycles. The third-order valence-electron chi connectivity index (χ3n) is 6.23. The van der Waals surface area contributed by atoms with Gasteiger partial charge in [0.1, 0.15) is 0 Å². The Morgan fingerprint density at radius 2 is 1.88 bits per heavy atom. The van der Waals surface area contributed by atoms with Crippen molar-refractivity contribution in [2.45, 2.75) is 57.9 Å². The summed E-state index contributed by atoms with van der Waals surface area (Å²) in [5.74, 6) is 0.223. The van der Waals surface area contributed by atoms with Crippen LogP contribution in [0.1, 0.15) is 51.9 Å². The first-order chi connectivity index (χ1) is 11.6. The fourth-order valence-corrected chi connectivity index (χ4v) is 4.55. The molecule has 3 aliphatic rings. The van der Waals surface area contributed by atoms with E-state index in [9.17, 15) is 9.59 Å². The van der Waals surface area contributed by atoms with E-state index in [1.54, 1.807) is 0 Å². The van der Waals surface area contributed by atoms with Crippen LogP contribution in [0, 0.1) is 5.41 Å². The smallest absolute Gasteiger partial charge is 0.409 e. The van der Waals surface area contributed by atoms with Crippen molar-refractivity contribution in [3.05, 3.63) is 0 Å². The lowest BCUT2D eigenvalue weighted by molar-refractivity contribution is -0.121. The average molecular weight is 337 g/mol. The molecule has 0 atom stereocenters. The largest absolute Gasteiger partial charge is 0.450 e. The van der Waals surface area contributed by atoms with Gasteiger partial charge in [-0.2, -0.15) is 0 Å². The van der Waals surface area contributed by atoms with Gasteiger partial charge in [-0.05, 0) is 64.0 Å². The summed E-state index contributed by atoms with van der Waals surface area (Å²) >= 11 is 0. The number of hydrogen-bond donors (Lipinski definition) is 1. The van der Waals surface area contributed by atoms with Crippen LogP contribution in [-0.2, 0) is 9.53 Å². The zero-order valence-corrected chi connectivity index (χ0v) is 14.9. The molecule has 0 aliphatic carbocycles. The van der Waals surface area contributed by atoms with E-state index in [0.717, 1.165) is 58.4 Å². The molecular formula is C18H31N3O3. The van der Waals surface area contributed by atoms with Crippen LogP contribution < -0.4 is 5.32 Å². The molecule has 0 unspecified atom stereocenters. The number of likely N-dealkylation sites (tertiary alicyclic amines) is 2. The predicted octanol–water partition coefficient (Wildman–Crippen LogP) is 1.99. The van der Waals surface area contributed by atoms with Gasteiger partial charge in [-0.1, -0.05) is 0 Å². The molecule has 3 saturated heterocycles. The van der Waals surface area contributed by atoms with Crippen LogP contribution in [-0.4, -0.2) is 67.2 Å². The Bertz CT molecular complexity index is 452. The van der Waals surface area contributed by atoms with Crippen molar-refractivity contribution in [2.24, 2.45) is 5.41 Å². The molecule has 136 valence electrons. The lowest BCUT2D eigenvalue weighted by Gasteiger charge is -2.46. The van der Waals surface area contributed by atoms with Crippen LogP contribution in [0.15, 0.2) is 0 Å². The van der Waals surface area contributed by atoms with Gasteiger partial charge in [0.2, 0.25) is 5.91 Å². The Morgan fingerprint density at radius 3 is 2.54 bits per heavy atom. The van der Waals surface area contributed by atoms with E-state index in [2.05, 4.69) is 10.2 Å². The SMILES string of the molecule is CCOC(=O)N1CCC(N2CCC3(CCNC(=O)CC3)CC2)CC1. The monoisotopic (exact) mass is 337 g/mol. The molecule has 3 fully saturated rings. The van der Waals surface area contributed by atoms with Gasteiger partial charge in [-0.3, -0.25) is 4.79 Å². The van der Waals surface area contributed by atoms with Crippen LogP contribution in [0.3, 0.4) is 0 Å². The first kappa shape index (κ1) is 17.5. The molecule has 0 bridgehead atoms. The Morgan fingerprint density at radius 1 is 1.17 bits per heavy atom. The van der Waals surface area contributed by atoms with Gasteiger partial charge >= 0.3 is 6.09 Å². The summed E-state index contributed by atoms with van der Waals surface area (Å²) in [7, 11) is 0. The summed E-state index contributed by atoms with van der Waals surface area (Å²) in [5, 5.41) is 3.01. The van der Waals surface area contributed by atoms with Crippen LogP contribution in [0.5, 0.6) is 0 Å². The van der Waals surface area contributed by atoms with E-state index in [1.807, 2.05) is 11.8 Å². The minimum atomic E-state index is -0.163. The Kier molecular flexibility index (Phi) is 5.64. The number of carbonyl (C=O) groups is 2. The highest BCUT2D eigenvalue weighted by molar-refractivity contribution is 5.76. The summed E-state index contributed by atoms with van der Waals surface area (Å²) in [4.78, 5) is 27.8. The molecule has 0 saturated carbocycles. The molecule has 6 nitrogen and oxygen atoms in total. The van der Waals surface area contributed by atoms with Crippen molar-refractivity contribution in [1.29, 1.82) is 0 Å². The standard InChI is InChI=1S/C18H31N3O3/c1-2-24-17(23)21-11-4-15(5-12-21)20-13-8-18(9-14-20)6-3-16(22)19-10-7-18/h15H,2-14H2,1H3,(H,19,22). The molecule has 1 N–H and O–H groups in total. The Balaban J connectivity index is 1.46. The van der Waals surface area contributed by atoms with Gasteiger partial charge < -0.3 is 19.9 Å². The highest BCUT2D eigenvalue weighted by Gasteiger charge is 2.38. The van der Waals surface area contributed by atoms with Crippen molar-refractivity contribution in [2.75, 3.05) is 39.3 Å². The molecule has 0 radical (unpaired) electrons. The quantitative estimate of drug-likeness (QED) is 0.837.